The summed E-state index contributed by atoms with van der Waals surface area (Å²) in [5, 5.41) is 0. The molecule has 1 saturated carbocycles. The van der Waals surface area contributed by atoms with Crippen molar-refractivity contribution in [3.05, 3.63) is 35.9 Å². The summed E-state index contributed by atoms with van der Waals surface area (Å²) >= 11 is 0. The average molecular weight is 270 g/mol. The normalized spacial score (nSPS) is 26.6. The fourth-order valence-corrected chi connectivity index (χ4v) is 2.82. The van der Waals surface area contributed by atoms with Crippen molar-refractivity contribution in [1.82, 2.24) is 4.72 Å². The first kappa shape index (κ1) is 12.8. The van der Waals surface area contributed by atoms with Gasteiger partial charge in [0, 0.05) is 6.42 Å². The minimum atomic E-state index is -3.36. The van der Waals surface area contributed by atoms with Crippen molar-refractivity contribution >= 4 is 16.1 Å². The van der Waals surface area contributed by atoms with Crippen LogP contribution < -0.4 is 10.5 Å². The maximum absolute atomic E-state index is 11.2. The molecule has 2 atom stereocenters. The van der Waals surface area contributed by atoms with Crippen LogP contribution in [0.3, 0.4) is 0 Å². The molecule has 1 aromatic rings. The molecule has 2 rings (SSSR count). The Morgan fingerprint density at radius 2 is 2.06 bits per heavy atom. The van der Waals surface area contributed by atoms with Gasteiger partial charge < -0.3 is 10.5 Å². The van der Waals surface area contributed by atoms with Crippen LogP contribution in [-0.2, 0) is 20.4 Å². The van der Waals surface area contributed by atoms with Crippen LogP contribution in [0, 0.1) is 0 Å². The number of nitrogens with two attached hydrogens (primary N) is 1. The monoisotopic (exact) mass is 270 g/mol. The van der Waals surface area contributed by atoms with E-state index >= 15 is 0 Å². The van der Waals surface area contributed by atoms with E-state index in [0.29, 0.717) is 6.42 Å². The van der Waals surface area contributed by atoms with Crippen molar-refractivity contribution in [3.63, 3.8) is 0 Å². The summed E-state index contributed by atoms with van der Waals surface area (Å²) in [5.41, 5.74) is 4.79. The number of carbonyl (C=O) groups excluding carboxylic acids is 1. The fraction of sp³-hybridized carbons (Fsp3) is 0.364. The first-order chi connectivity index (χ1) is 8.33. The van der Waals surface area contributed by atoms with Gasteiger partial charge in [0.25, 0.3) is 0 Å². The van der Waals surface area contributed by atoms with Crippen molar-refractivity contribution < 1.29 is 17.9 Å². The second-order valence-corrected chi connectivity index (χ2v) is 6.10. The lowest BCUT2D eigenvalue weighted by Crippen LogP contribution is -2.34. The standard InChI is InChI=1S/C11H14N2O4S/c1-18(15,16)13-9-7-11(9,17-10(12)14)8-5-3-2-4-6-8/h2-6,9,13H,7H2,1H3,(H2,12,14). The first-order valence-electron chi connectivity index (χ1n) is 5.35. The van der Waals surface area contributed by atoms with Gasteiger partial charge in [-0.15, -0.1) is 0 Å². The van der Waals surface area contributed by atoms with Gasteiger partial charge in [0.05, 0.1) is 12.3 Å². The summed E-state index contributed by atoms with van der Waals surface area (Å²) in [7, 11) is -3.36. The van der Waals surface area contributed by atoms with E-state index in [1.807, 2.05) is 6.07 Å². The highest BCUT2D eigenvalue weighted by Gasteiger charge is 2.60. The van der Waals surface area contributed by atoms with E-state index < -0.39 is 27.8 Å². The van der Waals surface area contributed by atoms with E-state index in [0.717, 1.165) is 11.8 Å². The first-order valence-corrected chi connectivity index (χ1v) is 7.24. The second kappa shape index (κ2) is 4.25. The highest BCUT2D eigenvalue weighted by Crippen LogP contribution is 2.49. The Morgan fingerprint density at radius 1 is 1.44 bits per heavy atom. The zero-order valence-electron chi connectivity index (χ0n) is 9.79. The van der Waals surface area contributed by atoms with Crippen molar-refractivity contribution in [2.45, 2.75) is 18.1 Å². The number of ether oxygens (including phenoxy) is 1. The quantitative estimate of drug-likeness (QED) is 0.822. The molecule has 0 saturated heterocycles. The Labute approximate surface area is 105 Å². The Morgan fingerprint density at radius 3 is 2.56 bits per heavy atom. The van der Waals surface area contributed by atoms with Gasteiger partial charge in [-0.05, 0) is 5.56 Å². The van der Waals surface area contributed by atoms with Crippen LogP contribution in [0.1, 0.15) is 12.0 Å². The number of primary amides is 1. The topological polar surface area (TPSA) is 98.5 Å². The zero-order valence-corrected chi connectivity index (χ0v) is 10.6. The summed E-state index contributed by atoms with van der Waals surface area (Å²) in [4.78, 5) is 11.0. The lowest BCUT2D eigenvalue weighted by atomic mass is 10.1. The Hall–Kier alpha value is -1.60. The molecule has 3 N–H and O–H groups in total. The third kappa shape index (κ3) is 2.62. The molecular weight excluding hydrogens is 256 g/mol. The molecule has 1 aliphatic carbocycles. The largest absolute Gasteiger partial charge is 0.436 e. The Bertz CT molecular complexity index is 558. The molecule has 18 heavy (non-hydrogen) atoms. The molecule has 7 heteroatoms. The Kier molecular flexibility index (Phi) is 3.04. The van der Waals surface area contributed by atoms with Crippen LogP contribution in [0.15, 0.2) is 30.3 Å². The minimum absolute atomic E-state index is 0.382. The number of carbonyl (C=O) groups is 1. The van der Waals surface area contributed by atoms with E-state index in [-0.39, 0.29) is 0 Å². The molecule has 0 bridgehead atoms. The van der Waals surface area contributed by atoms with Gasteiger partial charge in [-0.1, -0.05) is 30.3 Å². The number of hydrogen-bond donors (Lipinski definition) is 2. The third-order valence-electron chi connectivity index (χ3n) is 2.81. The van der Waals surface area contributed by atoms with Gasteiger partial charge in [-0.3, -0.25) is 0 Å². The molecule has 1 amide bonds. The molecule has 0 aromatic heterocycles. The summed E-state index contributed by atoms with van der Waals surface area (Å²) in [5.74, 6) is 0. The molecule has 1 aromatic carbocycles. The van der Waals surface area contributed by atoms with Crippen LogP contribution in [0.5, 0.6) is 0 Å². The molecular formula is C11H14N2O4S. The summed E-state index contributed by atoms with van der Waals surface area (Å²) in [6, 6.07) is 8.47. The van der Waals surface area contributed by atoms with Gasteiger partial charge in [0.2, 0.25) is 10.0 Å². The lowest BCUT2D eigenvalue weighted by Gasteiger charge is -2.17. The molecule has 0 heterocycles. The van der Waals surface area contributed by atoms with Gasteiger partial charge >= 0.3 is 6.09 Å². The average Bonchev–Trinajstić information content (AvgIpc) is 2.90. The SMILES string of the molecule is CS(=O)(=O)NC1CC1(OC(N)=O)c1ccccc1. The number of benzene rings is 1. The predicted molar refractivity (Wildman–Crippen MR) is 65.2 cm³/mol. The molecule has 0 spiro atoms. The van der Waals surface area contributed by atoms with Gasteiger partial charge in [-0.2, -0.15) is 0 Å². The number of sulfonamides is 1. The maximum Gasteiger partial charge on any atom is 0.405 e. The summed E-state index contributed by atoms with van der Waals surface area (Å²) in [6.07, 6.45) is 0.523. The van der Waals surface area contributed by atoms with Crippen LogP contribution >= 0.6 is 0 Å². The van der Waals surface area contributed by atoms with E-state index in [9.17, 15) is 13.2 Å². The fourth-order valence-electron chi connectivity index (χ4n) is 2.03. The number of nitrogens with one attached hydrogen (secondary N) is 1. The zero-order chi connectivity index (χ0) is 13.4. The van der Waals surface area contributed by atoms with Crippen molar-refractivity contribution in [2.75, 3.05) is 6.26 Å². The maximum atomic E-state index is 11.2. The van der Waals surface area contributed by atoms with Gasteiger partial charge in [-0.25, -0.2) is 17.9 Å². The predicted octanol–water partition coefficient (Wildman–Crippen LogP) is 0.299. The van der Waals surface area contributed by atoms with Crippen molar-refractivity contribution in [1.29, 1.82) is 0 Å². The molecule has 98 valence electrons. The third-order valence-corrected chi connectivity index (χ3v) is 3.52. The molecule has 2 unspecified atom stereocenters. The van der Waals surface area contributed by atoms with Crippen LogP contribution in [-0.4, -0.2) is 26.8 Å². The lowest BCUT2D eigenvalue weighted by molar-refractivity contribution is 0.0846. The minimum Gasteiger partial charge on any atom is -0.436 e. The van der Waals surface area contributed by atoms with E-state index in [2.05, 4.69) is 4.72 Å². The van der Waals surface area contributed by atoms with Crippen molar-refractivity contribution in [2.24, 2.45) is 5.73 Å². The second-order valence-electron chi connectivity index (χ2n) is 4.32. The van der Waals surface area contributed by atoms with Crippen LogP contribution in [0.4, 0.5) is 4.79 Å². The van der Waals surface area contributed by atoms with E-state index in [1.165, 1.54) is 0 Å². The highest BCUT2D eigenvalue weighted by atomic mass is 32.2. The van der Waals surface area contributed by atoms with Crippen molar-refractivity contribution in [3.8, 4) is 0 Å². The number of amides is 1. The van der Waals surface area contributed by atoms with Gasteiger partial charge in [0.1, 0.15) is 0 Å². The Balaban J connectivity index is 2.26. The highest BCUT2D eigenvalue weighted by molar-refractivity contribution is 7.88. The molecule has 1 aliphatic rings. The number of hydrogen-bond acceptors (Lipinski definition) is 4. The summed E-state index contributed by atoms with van der Waals surface area (Å²) < 4.78 is 29.9. The molecule has 0 aliphatic heterocycles. The molecule has 6 nitrogen and oxygen atoms in total. The smallest absolute Gasteiger partial charge is 0.405 e. The van der Waals surface area contributed by atoms with Crippen LogP contribution in [0.2, 0.25) is 0 Å². The van der Waals surface area contributed by atoms with E-state index in [1.54, 1.807) is 24.3 Å². The van der Waals surface area contributed by atoms with E-state index in [4.69, 9.17) is 10.5 Å². The summed E-state index contributed by atoms with van der Waals surface area (Å²) in [6.45, 7) is 0. The van der Waals surface area contributed by atoms with Crippen LogP contribution in [0.25, 0.3) is 0 Å². The molecule has 0 radical (unpaired) electrons. The molecule has 1 fully saturated rings. The number of rotatable bonds is 4. The van der Waals surface area contributed by atoms with Gasteiger partial charge in [0.15, 0.2) is 5.60 Å².